The minimum Gasteiger partial charge on any atom is -0.483 e. The van der Waals surface area contributed by atoms with Gasteiger partial charge in [0.2, 0.25) is 5.91 Å². The molecule has 0 bridgehead atoms. The third kappa shape index (κ3) is 8.02. The third-order valence-corrected chi connectivity index (χ3v) is 5.69. The molecule has 168 valence electrons. The van der Waals surface area contributed by atoms with Crippen molar-refractivity contribution < 1.29 is 14.3 Å². The van der Waals surface area contributed by atoms with Crippen molar-refractivity contribution in [1.82, 2.24) is 10.2 Å². The predicted octanol–water partition coefficient (Wildman–Crippen LogP) is 5.71. The van der Waals surface area contributed by atoms with Gasteiger partial charge < -0.3 is 15.0 Å². The Bertz CT molecular complexity index is 891. The van der Waals surface area contributed by atoms with Crippen LogP contribution in [0.2, 0.25) is 10.0 Å². The number of hydrogen-bond acceptors (Lipinski definition) is 3. The molecule has 0 unspecified atom stereocenters. The van der Waals surface area contributed by atoms with Crippen molar-refractivity contribution in [2.75, 3.05) is 13.2 Å². The quantitative estimate of drug-likeness (QED) is 0.428. The van der Waals surface area contributed by atoms with Crippen LogP contribution in [-0.2, 0) is 16.1 Å². The molecule has 31 heavy (non-hydrogen) atoms. The Morgan fingerprint density at radius 1 is 1.10 bits per heavy atom. The normalized spacial score (nSPS) is 11.8. The molecule has 0 aliphatic carbocycles. The Morgan fingerprint density at radius 2 is 1.74 bits per heavy atom. The van der Waals surface area contributed by atoms with Gasteiger partial charge in [-0.15, -0.1) is 0 Å². The lowest BCUT2D eigenvalue weighted by molar-refractivity contribution is -0.143. The fourth-order valence-electron chi connectivity index (χ4n) is 2.94. The Hall–Kier alpha value is -1.76. The first-order valence-corrected chi connectivity index (χ1v) is 11.7. The third-order valence-electron chi connectivity index (χ3n) is 4.58. The van der Waals surface area contributed by atoms with Gasteiger partial charge >= 0.3 is 0 Å². The standard InChI is InChI=1S/C23H27BrCl2N2O3/c1-4-20(23(30)27-12-15(2)3)28(13-16-5-7-17(25)8-6-16)22(29)14-31-21-10-9-18(26)11-19(21)24/h5-11,15,20H,4,12-14H2,1-3H3,(H,27,30)/t20-/m0/s1. The minimum atomic E-state index is -0.612. The number of hydrogen-bond donors (Lipinski definition) is 1. The summed E-state index contributed by atoms with van der Waals surface area (Å²) in [5.74, 6) is 0.350. The predicted molar refractivity (Wildman–Crippen MR) is 129 cm³/mol. The fourth-order valence-corrected chi connectivity index (χ4v) is 3.87. The first-order chi connectivity index (χ1) is 14.7. The number of rotatable bonds is 10. The molecule has 2 aromatic rings. The zero-order valence-electron chi connectivity index (χ0n) is 17.8. The molecular weight excluding hydrogens is 503 g/mol. The van der Waals surface area contributed by atoms with Crippen LogP contribution in [0.1, 0.15) is 32.8 Å². The lowest BCUT2D eigenvalue weighted by Crippen LogP contribution is -2.50. The summed E-state index contributed by atoms with van der Waals surface area (Å²) in [6.45, 7) is 6.55. The van der Waals surface area contributed by atoms with Crippen molar-refractivity contribution in [3.05, 3.63) is 62.5 Å². The molecule has 5 nitrogen and oxygen atoms in total. The van der Waals surface area contributed by atoms with Gasteiger partial charge in [0.05, 0.1) is 4.47 Å². The summed E-state index contributed by atoms with van der Waals surface area (Å²) in [6.07, 6.45) is 0.480. The number of amides is 2. The van der Waals surface area contributed by atoms with E-state index in [1.165, 1.54) is 0 Å². The fraction of sp³-hybridized carbons (Fsp3) is 0.391. The van der Waals surface area contributed by atoms with Crippen LogP contribution in [0.5, 0.6) is 5.75 Å². The molecule has 0 heterocycles. The van der Waals surface area contributed by atoms with Crippen LogP contribution < -0.4 is 10.1 Å². The van der Waals surface area contributed by atoms with Gasteiger partial charge in [-0.2, -0.15) is 0 Å². The van der Waals surface area contributed by atoms with Crippen LogP contribution in [0.4, 0.5) is 0 Å². The average Bonchev–Trinajstić information content (AvgIpc) is 2.72. The highest BCUT2D eigenvalue weighted by Crippen LogP contribution is 2.28. The topological polar surface area (TPSA) is 58.6 Å². The number of nitrogens with zero attached hydrogens (tertiary/aromatic N) is 1. The van der Waals surface area contributed by atoms with Crippen molar-refractivity contribution >= 4 is 50.9 Å². The molecule has 2 rings (SSSR count). The average molecular weight is 530 g/mol. The molecule has 0 radical (unpaired) electrons. The van der Waals surface area contributed by atoms with E-state index in [0.717, 1.165) is 5.56 Å². The smallest absolute Gasteiger partial charge is 0.261 e. The van der Waals surface area contributed by atoms with E-state index in [2.05, 4.69) is 21.2 Å². The number of benzene rings is 2. The zero-order valence-corrected chi connectivity index (χ0v) is 20.9. The van der Waals surface area contributed by atoms with E-state index in [0.29, 0.717) is 39.2 Å². The molecule has 0 aliphatic heterocycles. The summed E-state index contributed by atoms with van der Waals surface area (Å²) in [5.41, 5.74) is 0.875. The second-order valence-electron chi connectivity index (χ2n) is 7.57. The Labute approximate surface area is 202 Å². The van der Waals surface area contributed by atoms with Gasteiger partial charge in [0.1, 0.15) is 11.8 Å². The van der Waals surface area contributed by atoms with Gasteiger partial charge in [-0.25, -0.2) is 0 Å². The van der Waals surface area contributed by atoms with Crippen molar-refractivity contribution in [3.8, 4) is 5.75 Å². The van der Waals surface area contributed by atoms with Crippen molar-refractivity contribution in [2.45, 2.75) is 39.8 Å². The number of halogens is 3. The number of nitrogens with one attached hydrogen (secondary N) is 1. The van der Waals surface area contributed by atoms with Gasteiger partial charge in [-0.05, 0) is 64.2 Å². The largest absolute Gasteiger partial charge is 0.483 e. The lowest BCUT2D eigenvalue weighted by atomic mass is 10.1. The Morgan fingerprint density at radius 3 is 2.32 bits per heavy atom. The first-order valence-electron chi connectivity index (χ1n) is 10.1. The second-order valence-corrected chi connectivity index (χ2v) is 9.30. The van der Waals surface area contributed by atoms with Crippen molar-refractivity contribution in [1.29, 1.82) is 0 Å². The van der Waals surface area contributed by atoms with Gasteiger partial charge in [0, 0.05) is 23.1 Å². The minimum absolute atomic E-state index is 0.175. The van der Waals surface area contributed by atoms with E-state index < -0.39 is 6.04 Å². The van der Waals surface area contributed by atoms with Crippen LogP contribution in [-0.4, -0.2) is 35.9 Å². The molecule has 8 heteroatoms. The monoisotopic (exact) mass is 528 g/mol. The second kappa shape index (κ2) is 12.3. The maximum absolute atomic E-state index is 13.2. The van der Waals surface area contributed by atoms with E-state index in [1.807, 2.05) is 32.9 Å². The zero-order chi connectivity index (χ0) is 23.0. The van der Waals surface area contributed by atoms with Gasteiger partial charge in [-0.3, -0.25) is 9.59 Å². The van der Waals surface area contributed by atoms with Crippen LogP contribution in [0.25, 0.3) is 0 Å². The van der Waals surface area contributed by atoms with Crippen LogP contribution in [0, 0.1) is 5.92 Å². The molecule has 0 saturated heterocycles. The molecule has 0 aliphatic rings. The molecule has 1 N–H and O–H groups in total. The van der Waals surface area contributed by atoms with Crippen LogP contribution in [0.15, 0.2) is 46.9 Å². The molecule has 0 spiro atoms. The molecule has 0 saturated carbocycles. The first kappa shape index (κ1) is 25.5. The Balaban J connectivity index is 2.20. The summed E-state index contributed by atoms with van der Waals surface area (Å²) in [5, 5.41) is 4.10. The van der Waals surface area contributed by atoms with E-state index in [-0.39, 0.29) is 25.0 Å². The van der Waals surface area contributed by atoms with E-state index >= 15 is 0 Å². The summed E-state index contributed by atoms with van der Waals surface area (Å²) in [6, 6.07) is 11.7. The molecular formula is C23H27BrCl2N2O3. The number of carbonyl (C=O) groups excluding carboxylic acids is 2. The van der Waals surface area contributed by atoms with E-state index in [4.69, 9.17) is 27.9 Å². The van der Waals surface area contributed by atoms with Gasteiger partial charge in [0.15, 0.2) is 6.61 Å². The molecule has 2 amide bonds. The summed E-state index contributed by atoms with van der Waals surface area (Å²) < 4.78 is 6.37. The summed E-state index contributed by atoms with van der Waals surface area (Å²) in [7, 11) is 0. The van der Waals surface area contributed by atoms with Crippen molar-refractivity contribution in [3.63, 3.8) is 0 Å². The van der Waals surface area contributed by atoms with E-state index in [9.17, 15) is 9.59 Å². The molecule has 0 aromatic heterocycles. The summed E-state index contributed by atoms with van der Waals surface area (Å²) in [4.78, 5) is 27.6. The van der Waals surface area contributed by atoms with Gasteiger partial charge in [-0.1, -0.05) is 56.1 Å². The highest BCUT2D eigenvalue weighted by atomic mass is 79.9. The maximum atomic E-state index is 13.2. The summed E-state index contributed by atoms with van der Waals surface area (Å²) >= 11 is 15.3. The number of ether oxygens (including phenoxy) is 1. The van der Waals surface area contributed by atoms with Crippen LogP contribution >= 0.6 is 39.1 Å². The SMILES string of the molecule is CC[C@@H](C(=O)NCC(C)C)N(Cc1ccc(Cl)cc1)C(=O)COc1ccc(Cl)cc1Br. The molecule has 0 fully saturated rings. The maximum Gasteiger partial charge on any atom is 0.261 e. The van der Waals surface area contributed by atoms with Crippen molar-refractivity contribution in [2.24, 2.45) is 5.92 Å². The Kier molecular flexibility index (Phi) is 10.1. The van der Waals surface area contributed by atoms with Gasteiger partial charge in [0.25, 0.3) is 5.91 Å². The highest BCUT2D eigenvalue weighted by Gasteiger charge is 2.29. The number of carbonyl (C=O) groups is 2. The molecule has 2 aromatic carbocycles. The van der Waals surface area contributed by atoms with E-state index in [1.54, 1.807) is 35.2 Å². The highest BCUT2D eigenvalue weighted by molar-refractivity contribution is 9.10. The lowest BCUT2D eigenvalue weighted by Gasteiger charge is -2.31. The molecule has 1 atom stereocenters. The van der Waals surface area contributed by atoms with Crippen LogP contribution in [0.3, 0.4) is 0 Å².